The van der Waals surface area contributed by atoms with Gasteiger partial charge in [0.2, 0.25) is 5.78 Å². The molecule has 16 heavy (non-hydrogen) atoms. The van der Waals surface area contributed by atoms with Crippen LogP contribution in [0.2, 0.25) is 0 Å². The quantitative estimate of drug-likeness (QED) is 0.358. The number of Topliss-reactive ketones (excluding diaryl/α,β-unsaturated/α-hetero) is 1. The van der Waals surface area contributed by atoms with Gasteiger partial charge < -0.3 is 5.84 Å². The first kappa shape index (κ1) is 12.4. The minimum atomic E-state index is -0.122. The largest absolute Gasteiger partial charge is 0.323 e. The van der Waals surface area contributed by atoms with Gasteiger partial charge >= 0.3 is 0 Å². The number of hydrazone groups is 1. The van der Waals surface area contributed by atoms with Crippen molar-refractivity contribution in [3.05, 3.63) is 33.4 Å². The number of nitrogens with zero attached hydrogens (tertiary/aromatic N) is 1. The van der Waals surface area contributed by atoms with E-state index in [1.54, 1.807) is 0 Å². The molecule has 0 unspecified atom stereocenters. The summed E-state index contributed by atoms with van der Waals surface area (Å²) < 4.78 is 0. The third-order valence-corrected chi connectivity index (χ3v) is 3.44. The summed E-state index contributed by atoms with van der Waals surface area (Å²) in [4.78, 5) is 11.9. The lowest BCUT2D eigenvalue weighted by atomic mass is 9.88. The summed E-state index contributed by atoms with van der Waals surface area (Å²) in [5.41, 5.74) is 6.34. The molecular formula is C13H18N2O. The molecule has 0 saturated carbocycles. The number of benzene rings is 1. The number of carbonyl (C=O) groups excluding carboxylic acids is 1. The van der Waals surface area contributed by atoms with Crippen molar-refractivity contribution in [1.29, 1.82) is 0 Å². The number of nitrogens with two attached hydrogens (primary N) is 1. The van der Waals surface area contributed by atoms with E-state index in [9.17, 15) is 4.79 Å². The van der Waals surface area contributed by atoms with Crippen LogP contribution in [0.1, 0.15) is 38.2 Å². The van der Waals surface area contributed by atoms with Crippen LogP contribution in [0.15, 0.2) is 5.10 Å². The van der Waals surface area contributed by atoms with Crippen LogP contribution in [0.5, 0.6) is 0 Å². The van der Waals surface area contributed by atoms with Gasteiger partial charge in [-0.3, -0.25) is 4.79 Å². The zero-order chi connectivity index (χ0) is 12.5. The van der Waals surface area contributed by atoms with Gasteiger partial charge in [-0.2, -0.15) is 5.10 Å². The second-order valence-electron chi connectivity index (χ2n) is 4.14. The van der Waals surface area contributed by atoms with Gasteiger partial charge in [-0.05, 0) is 62.4 Å². The number of rotatable bonds is 2. The highest BCUT2D eigenvalue weighted by atomic mass is 16.1. The van der Waals surface area contributed by atoms with Gasteiger partial charge in [-0.15, -0.1) is 0 Å². The van der Waals surface area contributed by atoms with E-state index in [2.05, 4.69) is 12.0 Å². The monoisotopic (exact) mass is 218 g/mol. The van der Waals surface area contributed by atoms with E-state index >= 15 is 0 Å². The maximum absolute atomic E-state index is 11.9. The molecule has 1 aromatic rings. The summed E-state index contributed by atoms with van der Waals surface area (Å²) in [5.74, 6) is 4.90. The average Bonchev–Trinajstić information content (AvgIpc) is 2.24. The van der Waals surface area contributed by atoms with Crippen molar-refractivity contribution in [3.63, 3.8) is 0 Å². The minimum Gasteiger partial charge on any atom is -0.323 e. The van der Waals surface area contributed by atoms with Crippen molar-refractivity contribution in [2.75, 3.05) is 0 Å². The lowest BCUT2D eigenvalue weighted by Gasteiger charge is -2.16. The van der Waals surface area contributed by atoms with Crippen molar-refractivity contribution in [2.45, 2.75) is 34.6 Å². The molecule has 3 heteroatoms. The predicted molar refractivity (Wildman–Crippen MR) is 67.1 cm³/mol. The Kier molecular flexibility index (Phi) is 3.48. The van der Waals surface area contributed by atoms with E-state index in [-0.39, 0.29) is 5.78 Å². The molecule has 0 aliphatic carbocycles. The molecular weight excluding hydrogens is 200 g/mol. The Bertz CT molecular complexity index is 444. The van der Waals surface area contributed by atoms with E-state index in [0.717, 1.165) is 27.8 Å². The van der Waals surface area contributed by atoms with Crippen molar-refractivity contribution in [2.24, 2.45) is 10.9 Å². The van der Waals surface area contributed by atoms with E-state index < -0.39 is 0 Å². The Balaban J connectivity index is 3.58. The summed E-state index contributed by atoms with van der Waals surface area (Å²) in [5, 5.41) is 3.30. The molecule has 3 nitrogen and oxygen atoms in total. The molecule has 0 aliphatic rings. The summed E-state index contributed by atoms with van der Waals surface area (Å²) >= 11 is 0. The van der Waals surface area contributed by atoms with Crippen LogP contribution in [0, 0.1) is 34.6 Å². The van der Waals surface area contributed by atoms with E-state index in [1.807, 2.05) is 27.7 Å². The Labute approximate surface area is 96.4 Å². The van der Waals surface area contributed by atoms with Crippen LogP contribution in [0.3, 0.4) is 0 Å². The third kappa shape index (κ3) is 1.85. The number of carbonyl (C=O) groups is 1. The normalized spacial score (nSPS) is 11.1. The van der Waals surface area contributed by atoms with Crippen LogP contribution in [0.25, 0.3) is 0 Å². The molecule has 0 aromatic heterocycles. The summed E-state index contributed by atoms with van der Waals surface area (Å²) in [6, 6.07) is 0. The second kappa shape index (κ2) is 4.47. The Morgan fingerprint density at radius 2 is 1.31 bits per heavy atom. The molecule has 0 atom stereocenters. The lowest BCUT2D eigenvalue weighted by Crippen LogP contribution is -2.11. The minimum absolute atomic E-state index is 0.122. The van der Waals surface area contributed by atoms with Gasteiger partial charge in [-0.1, -0.05) is 0 Å². The number of hydrogen-bond acceptors (Lipinski definition) is 3. The molecule has 1 aromatic carbocycles. The molecule has 0 amide bonds. The highest BCUT2D eigenvalue weighted by Crippen LogP contribution is 2.25. The summed E-state index contributed by atoms with van der Waals surface area (Å²) in [6.45, 7) is 10.1. The molecule has 1 rings (SSSR count). The molecule has 0 radical (unpaired) electrons. The van der Waals surface area contributed by atoms with Crippen LogP contribution >= 0.6 is 0 Å². The smallest absolute Gasteiger partial charge is 0.206 e. The van der Waals surface area contributed by atoms with Gasteiger partial charge in [0.25, 0.3) is 0 Å². The lowest BCUT2D eigenvalue weighted by molar-refractivity contribution is 0.106. The number of hydrogen-bond donors (Lipinski definition) is 1. The first-order valence-corrected chi connectivity index (χ1v) is 5.26. The summed E-state index contributed by atoms with van der Waals surface area (Å²) in [7, 11) is 0. The van der Waals surface area contributed by atoms with Crippen LogP contribution in [0.4, 0.5) is 0 Å². The second-order valence-corrected chi connectivity index (χ2v) is 4.14. The van der Waals surface area contributed by atoms with Crippen LogP contribution in [-0.2, 0) is 0 Å². The van der Waals surface area contributed by atoms with Gasteiger partial charge in [0.15, 0.2) is 0 Å². The van der Waals surface area contributed by atoms with Crippen LogP contribution in [-0.4, -0.2) is 12.0 Å². The maximum atomic E-state index is 11.9. The van der Waals surface area contributed by atoms with Crippen molar-refractivity contribution < 1.29 is 4.79 Å². The Morgan fingerprint density at radius 1 is 0.938 bits per heavy atom. The molecule has 2 N–H and O–H groups in total. The fourth-order valence-corrected chi connectivity index (χ4v) is 2.00. The third-order valence-electron chi connectivity index (χ3n) is 3.44. The van der Waals surface area contributed by atoms with Crippen molar-refractivity contribution in [3.8, 4) is 0 Å². The topological polar surface area (TPSA) is 55.5 Å². The molecule has 0 aliphatic heterocycles. The fraction of sp³-hybridized carbons (Fsp3) is 0.385. The zero-order valence-corrected chi connectivity index (χ0v) is 10.5. The van der Waals surface area contributed by atoms with Gasteiger partial charge in [0.05, 0.1) is 6.21 Å². The number of ketones is 1. The van der Waals surface area contributed by atoms with E-state index in [1.165, 1.54) is 11.8 Å². The Hall–Kier alpha value is -1.64. The van der Waals surface area contributed by atoms with Gasteiger partial charge in [-0.25, -0.2) is 0 Å². The molecule has 0 fully saturated rings. The first-order chi connectivity index (χ1) is 7.41. The predicted octanol–water partition coefficient (Wildman–Crippen LogP) is 2.36. The van der Waals surface area contributed by atoms with Crippen molar-refractivity contribution in [1.82, 2.24) is 0 Å². The van der Waals surface area contributed by atoms with Gasteiger partial charge in [0, 0.05) is 5.56 Å². The van der Waals surface area contributed by atoms with Gasteiger partial charge in [0.1, 0.15) is 0 Å². The molecule has 86 valence electrons. The standard InChI is InChI=1S/C13H18N2O/c1-7-8(2)10(4)13(11(5)9(7)3)12(16)6-15-14/h6H,14H2,1-5H3/b15-6-. The van der Waals surface area contributed by atoms with E-state index in [0.29, 0.717) is 0 Å². The summed E-state index contributed by atoms with van der Waals surface area (Å²) in [6.07, 6.45) is 1.17. The molecule has 0 spiro atoms. The average molecular weight is 218 g/mol. The zero-order valence-electron chi connectivity index (χ0n) is 10.5. The SMILES string of the molecule is Cc1c(C)c(C)c(C(=O)/C=N\N)c(C)c1C. The highest BCUT2D eigenvalue weighted by molar-refractivity contribution is 6.36. The molecule has 0 saturated heterocycles. The first-order valence-electron chi connectivity index (χ1n) is 5.26. The maximum Gasteiger partial charge on any atom is 0.206 e. The molecule has 0 heterocycles. The Morgan fingerprint density at radius 3 is 1.69 bits per heavy atom. The fourth-order valence-electron chi connectivity index (χ4n) is 2.00. The molecule has 0 bridgehead atoms. The van der Waals surface area contributed by atoms with Crippen LogP contribution < -0.4 is 5.84 Å². The van der Waals surface area contributed by atoms with Crippen molar-refractivity contribution >= 4 is 12.0 Å². The van der Waals surface area contributed by atoms with E-state index in [4.69, 9.17) is 5.84 Å². The highest BCUT2D eigenvalue weighted by Gasteiger charge is 2.16.